The van der Waals surface area contributed by atoms with Gasteiger partial charge in [-0.05, 0) is 55.3 Å². The van der Waals surface area contributed by atoms with Crippen molar-refractivity contribution in [2.45, 2.75) is 20.3 Å². The van der Waals surface area contributed by atoms with Gasteiger partial charge in [0.15, 0.2) is 5.78 Å². The predicted molar refractivity (Wildman–Crippen MR) is 93.9 cm³/mol. The summed E-state index contributed by atoms with van der Waals surface area (Å²) in [6, 6.07) is 10.7. The van der Waals surface area contributed by atoms with Crippen molar-refractivity contribution in [2.75, 3.05) is 7.11 Å². The van der Waals surface area contributed by atoms with Gasteiger partial charge in [0.2, 0.25) is 0 Å². The van der Waals surface area contributed by atoms with Crippen LogP contribution in [-0.4, -0.2) is 17.9 Å². The Hall–Kier alpha value is -2.26. The van der Waals surface area contributed by atoms with Crippen LogP contribution in [0.4, 0.5) is 0 Å². The molecule has 0 saturated heterocycles. The van der Waals surface area contributed by atoms with Crippen molar-refractivity contribution in [2.24, 2.45) is 0 Å². The highest BCUT2D eigenvalue weighted by Crippen LogP contribution is 2.34. The third kappa shape index (κ3) is 2.62. The summed E-state index contributed by atoms with van der Waals surface area (Å²) in [6.45, 7) is 4.12. The summed E-state index contributed by atoms with van der Waals surface area (Å²) in [5, 5.41) is 1.56. The lowest BCUT2D eigenvalue weighted by atomic mass is 9.95. The van der Waals surface area contributed by atoms with E-state index in [0.29, 0.717) is 21.9 Å². The van der Waals surface area contributed by atoms with Crippen molar-refractivity contribution in [1.29, 1.82) is 0 Å². The van der Waals surface area contributed by atoms with Crippen LogP contribution >= 0.6 is 11.6 Å². The second-order valence-electron chi connectivity index (χ2n) is 5.48. The molecule has 3 aromatic rings. The molecule has 1 heterocycles. The summed E-state index contributed by atoms with van der Waals surface area (Å²) in [4.78, 5) is 16.4. The van der Waals surface area contributed by atoms with Crippen LogP contribution in [0.25, 0.3) is 10.9 Å². The van der Waals surface area contributed by atoms with Crippen LogP contribution in [0.2, 0.25) is 5.02 Å². The van der Waals surface area contributed by atoms with Crippen LogP contribution in [-0.2, 0) is 6.42 Å². The molecule has 2 aromatic carbocycles. The van der Waals surface area contributed by atoms with Crippen LogP contribution in [0.15, 0.2) is 36.4 Å². The van der Waals surface area contributed by atoms with E-state index in [1.807, 2.05) is 19.1 Å². The van der Waals surface area contributed by atoms with Crippen molar-refractivity contribution >= 4 is 28.3 Å². The number of aromatic amines is 1. The van der Waals surface area contributed by atoms with Gasteiger partial charge in [-0.1, -0.05) is 18.5 Å². The van der Waals surface area contributed by atoms with Gasteiger partial charge < -0.3 is 9.72 Å². The molecule has 0 atom stereocenters. The number of halogens is 1. The number of hydrogen-bond acceptors (Lipinski definition) is 2. The number of methoxy groups -OCH3 is 1. The number of aromatic nitrogens is 1. The number of carbonyl (C=O) groups excluding carboxylic acids is 1. The van der Waals surface area contributed by atoms with Gasteiger partial charge in [0.25, 0.3) is 0 Å². The van der Waals surface area contributed by atoms with Gasteiger partial charge in [0.05, 0.1) is 12.7 Å². The normalized spacial score (nSPS) is 11.0. The number of hydrogen-bond donors (Lipinski definition) is 1. The summed E-state index contributed by atoms with van der Waals surface area (Å²) in [6.07, 6.45) is 0.847. The molecule has 0 aliphatic heterocycles. The smallest absolute Gasteiger partial charge is 0.197 e. The number of carbonyl (C=O) groups is 1. The predicted octanol–water partition coefficient (Wildman–Crippen LogP) is 4.93. The van der Waals surface area contributed by atoms with Crippen molar-refractivity contribution in [3.05, 3.63) is 63.8 Å². The van der Waals surface area contributed by atoms with Gasteiger partial charge in [-0.2, -0.15) is 0 Å². The maximum atomic E-state index is 13.1. The average Bonchev–Trinajstić information content (AvgIpc) is 2.89. The molecule has 0 radical (unpaired) electrons. The van der Waals surface area contributed by atoms with Gasteiger partial charge in [0, 0.05) is 27.2 Å². The lowest BCUT2D eigenvalue weighted by molar-refractivity contribution is 0.103. The van der Waals surface area contributed by atoms with E-state index in [-0.39, 0.29) is 5.78 Å². The Balaban J connectivity index is 2.29. The van der Waals surface area contributed by atoms with E-state index in [4.69, 9.17) is 16.3 Å². The number of ketones is 1. The molecule has 0 unspecified atom stereocenters. The summed E-state index contributed by atoms with van der Waals surface area (Å²) >= 11 is 5.93. The topological polar surface area (TPSA) is 42.1 Å². The van der Waals surface area contributed by atoms with Crippen molar-refractivity contribution < 1.29 is 9.53 Å². The molecule has 3 nitrogen and oxygen atoms in total. The first-order chi connectivity index (χ1) is 11.1. The maximum absolute atomic E-state index is 13.1. The van der Waals surface area contributed by atoms with Gasteiger partial charge in [-0.25, -0.2) is 0 Å². The van der Waals surface area contributed by atoms with E-state index in [1.165, 1.54) is 0 Å². The minimum absolute atomic E-state index is 0.0576. The molecule has 0 aliphatic rings. The molecular weight excluding hydrogens is 310 g/mol. The second-order valence-corrected chi connectivity index (χ2v) is 5.92. The highest BCUT2D eigenvalue weighted by Gasteiger charge is 2.22. The van der Waals surface area contributed by atoms with Crippen molar-refractivity contribution in [3.8, 4) is 5.75 Å². The zero-order valence-electron chi connectivity index (χ0n) is 13.4. The quantitative estimate of drug-likeness (QED) is 0.690. The van der Waals surface area contributed by atoms with E-state index < -0.39 is 0 Å². The van der Waals surface area contributed by atoms with Crippen molar-refractivity contribution in [1.82, 2.24) is 4.98 Å². The minimum Gasteiger partial charge on any atom is -0.496 e. The molecule has 0 aliphatic carbocycles. The Morgan fingerprint density at radius 2 is 1.87 bits per heavy atom. The molecular formula is C19H18ClNO2. The van der Waals surface area contributed by atoms with Crippen LogP contribution in [0.3, 0.4) is 0 Å². The molecule has 4 heteroatoms. The number of fused-ring (bicyclic) bond motifs is 1. The van der Waals surface area contributed by atoms with Gasteiger partial charge in [0.1, 0.15) is 5.75 Å². The Morgan fingerprint density at radius 3 is 2.48 bits per heavy atom. The van der Waals surface area contributed by atoms with E-state index in [0.717, 1.165) is 28.6 Å². The number of H-pyrrole nitrogens is 1. The fraction of sp³-hybridized carbons (Fsp3) is 0.211. The summed E-state index contributed by atoms with van der Waals surface area (Å²) in [7, 11) is 1.59. The SMILES string of the molecule is CCc1c(C)[nH]c2ccc(OC)c(C(=O)c3ccc(Cl)cc3)c12. The first-order valence-corrected chi connectivity index (χ1v) is 7.93. The number of ether oxygens (including phenoxy) is 1. The lowest BCUT2D eigenvalue weighted by Gasteiger charge is -2.11. The Morgan fingerprint density at radius 1 is 1.17 bits per heavy atom. The average molecular weight is 328 g/mol. The zero-order chi connectivity index (χ0) is 16.6. The highest BCUT2D eigenvalue weighted by atomic mass is 35.5. The second kappa shape index (κ2) is 6.09. The third-order valence-electron chi connectivity index (χ3n) is 4.15. The molecule has 3 rings (SSSR count). The molecule has 0 spiro atoms. The minimum atomic E-state index is -0.0576. The van der Waals surface area contributed by atoms with E-state index in [1.54, 1.807) is 31.4 Å². The molecule has 0 saturated carbocycles. The number of aryl methyl sites for hydroxylation is 2. The van der Waals surface area contributed by atoms with Gasteiger partial charge in [-0.15, -0.1) is 0 Å². The molecule has 1 aromatic heterocycles. The Kier molecular flexibility index (Phi) is 4.14. The van der Waals surface area contributed by atoms with Gasteiger partial charge in [-0.3, -0.25) is 4.79 Å². The lowest BCUT2D eigenvalue weighted by Crippen LogP contribution is -2.05. The standard InChI is InChI=1S/C19H18ClNO2/c1-4-14-11(2)21-15-9-10-16(23-3)18(17(14)15)19(22)12-5-7-13(20)8-6-12/h5-10,21H,4H2,1-3H3. The number of rotatable bonds is 4. The van der Waals surface area contributed by atoms with Crippen LogP contribution in [0.5, 0.6) is 5.75 Å². The Labute approximate surface area is 140 Å². The fourth-order valence-corrected chi connectivity index (χ4v) is 3.18. The largest absolute Gasteiger partial charge is 0.496 e. The maximum Gasteiger partial charge on any atom is 0.197 e. The number of benzene rings is 2. The molecule has 0 bridgehead atoms. The first kappa shape index (κ1) is 15.6. The number of nitrogens with one attached hydrogen (secondary N) is 1. The van der Waals surface area contributed by atoms with E-state index in [9.17, 15) is 4.79 Å². The molecule has 118 valence electrons. The zero-order valence-corrected chi connectivity index (χ0v) is 14.1. The molecule has 0 fully saturated rings. The Bertz CT molecular complexity index is 879. The summed E-state index contributed by atoms with van der Waals surface area (Å²) < 4.78 is 5.47. The van der Waals surface area contributed by atoms with E-state index in [2.05, 4.69) is 11.9 Å². The van der Waals surface area contributed by atoms with Crippen LogP contribution in [0, 0.1) is 6.92 Å². The first-order valence-electron chi connectivity index (χ1n) is 7.55. The van der Waals surface area contributed by atoms with Crippen LogP contribution in [0.1, 0.15) is 34.1 Å². The molecule has 0 amide bonds. The summed E-state index contributed by atoms with van der Waals surface area (Å²) in [5.41, 5.74) is 4.39. The fourth-order valence-electron chi connectivity index (χ4n) is 3.05. The summed E-state index contributed by atoms with van der Waals surface area (Å²) in [5.74, 6) is 0.531. The monoisotopic (exact) mass is 327 g/mol. The van der Waals surface area contributed by atoms with Gasteiger partial charge >= 0.3 is 0 Å². The third-order valence-corrected chi connectivity index (χ3v) is 4.40. The molecule has 1 N–H and O–H groups in total. The van der Waals surface area contributed by atoms with Crippen LogP contribution < -0.4 is 4.74 Å². The highest BCUT2D eigenvalue weighted by molar-refractivity contribution is 6.30. The van der Waals surface area contributed by atoms with Crippen molar-refractivity contribution in [3.63, 3.8) is 0 Å². The molecule has 23 heavy (non-hydrogen) atoms. The van der Waals surface area contributed by atoms with E-state index >= 15 is 0 Å².